The zero-order chi connectivity index (χ0) is 12.4. The lowest BCUT2D eigenvalue weighted by Gasteiger charge is -2.31. The monoisotopic (exact) mass is 254 g/mol. The van der Waals surface area contributed by atoms with Gasteiger partial charge in [0.1, 0.15) is 5.82 Å². The molecule has 0 aromatic carbocycles. The first-order chi connectivity index (χ1) is 8.08. The van der Waals surface area contributed by atoms with Gasteiger partial charge in [-0.1, -0.05) is 11.6 Å². The molecule has 1 saturated heterocycles. The highest BCUT2D eigenvalue weighted by molar-refractivity contribution is 6.33. The number of carboxylic acid groups (broad SMARTS) is 1. The maximum Gasteiger partial charge on any atom is 0.306 e. The molecule has 2 rings (SSSR count). The number of aromatic nitrogens is 1. The summed E-state index contributed by atoms with van der Waals surface area (Å²) >= 11 is 6.14. The minimum atomic E-state index is -0.701. The van der Waals surface area contributed by atoms with Crippen LogP contribution in [0.15, 0.2) is 12.3 Å². The van der Waals surface area contributed by atoms with Gasteiger partial charge in [0, 0.05) is 19.3 Å². The molecule has 0 bridgehead atoms. The van der Waals surface area contributed by atoms with Gasteiger partial charge in [0.25, 0.3) is 0 Å². The van der Waals surface area contributed by atoms with Crippen molar-refractivity contribution < 1.29 is 9.90 Å². The summed E-state index contributed by atoms with van der Waals surface area (Å²) in [5, 5.41) is 9.56. The Kier molecular flexibility index (Phi) is 3.52. The molecule has 92 valence electrons. The summed E-state index contributed by atoms with van der Waals surface area (Å²) in [4.78, 5) is 17.2. The van der Waals surface area contributed by atoms with Crippen LogP contribution in [-0.4, -0.2) is 29.1 Å². The number of anilines is 1. The van der Waals surface area contributed by atoms with Crippen LogP contribution in [-0.2, 0) is 4.79 Å². The van der Waals surface area contributed by atoms with Crippen LogP contribution in [0.5, 0.6) is 0 Å². The second-order valence-electron chi connectivity index (χ2n) is 4.42. The van der Waals surface area contributed by atoms with Gasteiger partial charge in [-0.05, 0) is 31.4 Å². The van der Waals surface area contributed by atoms with Gasteiger partial charge in [0.05, 0.1) is 10.9 Å². The van der Waals surface area contributed by atoms with Crippen molar-refractivity contribution in [2.24, 2.45) is 5.92 Å². The number of piperidine rings is 1. The Hall–Kier alpha value is -1.29. The average molecular weight is 255 g/mol. The molecule has 1 aromatic heterocycles. The predicted octanol–water partition coefficient (Wildman–Crippen LogP) is 2.34. The van der Waals surface area contributed by atoms with Gasteiger partial charge in [-0.2, -0.15) is 0 Å². The molecule has 0 aliphatic carbocycles. The fraction of sp³-hybridized carbons (Fsp3) is 0.500. The Morgan fingerprint density at radius 2 is 2.18 bits per heavy atom. The van der Waals surface area contributed by atoms with Crippen LogP contribution in [0.2, 0.25) is 5.02 Å². The van der Waals surface area contributed by atoms with Crippen LogP contribution in [0, 0.1) is 12.8 Å². The molecular weight excluding hydrogens is 240 g/mol. The largest absolute Gasteiger partial charge is 0.481 e. The number of carboxylic acids is 1. The SMILES string of the molecule is Cc1cnc(N2CCC(C(=O)O)CC2)c(Cl)c1. The van der Waals surface area contributed by atoms with E-state index in [2.05, 4.69) is 9.88 Å². The van der Waals surface area contributed by atoms with E-state index in [4.69, 9.17) is 16.7 Å². The topological polar surface area (TPSA) is 53.4 Å². The van der Waals surface area contributed by atoms with Gasteiger partial charge in [-0.25, -0.2) is 4.98 Å². The molecule has 2 heterocycles. The third-order valence-electron chi connectivity index (χ3n) is 3.10. The zero-order valence-corrected chi connectivity index (χ0v) is 10.4. The molecular formula is C12H15ClN2O2. The molecule has 0 saturated carbocycles. The number of rotatable bonds is 2. The lowest BCUT2D eigenvalue weighted by Crippen LogP contribution is -2.36. The Balaban J connectivity index is 2.08. The Labute approximate surface area is 105 Å². The van der Waals surface area contributed by atoms with Gasteiger partial charge >= 0.3 is 5.97 Å². The molecule has 0 radical (unpaired) electrons. The standard InChI is InChI=1S/C12H15ClN2O2/c1-8-6-10(13)11(14-7-8)15-4-2-9(3-5-15)12(16)17/h6-7,9H,2-5H2,1H3,(H,16,17). The summed E-state index contributed by atoms with van der Waals surface area (Å²) in [7, 11) is 0. The lowest BCUT2D eigenvalue weighted by atomic mass is 9.97. The second-order valence-corrected chi connectivity index (χ2v) is 4.82. The molecule has 1 N–H and O–H groups in total. The number of hydrogen-bond donors (Lipinski definition) is 1. The van der Waals surface area contributed by atoms with Crippen LogP contribution in [0.4, 0.5) is 5.82 Å². The van der Waals surface area contributed by atoms with Gasteiger partial charge in [0.2, 0.25) is 0 Å². The van der Waals surface area contributed by atoms with E-state index >= 15 is 0 Å². The predicted molar refractivity (Wildman–Crippen MR) is 66.6 cm³/mol. The van der Waals surface area contributed by atoms with E-state index in [-0.39, 0.29) is 5.92 Å². The Bertz CT molecular complexity index is 429. The molecule has 0 amide bonds. The highest BCUT2D eigenvalue weighted by Gasteiger charge is 2.25. The highest BCUT2D eigenvalue weighted by atomic mass is 35.5. The molecule has 1 aromatic rings. The van der Waals surface area contributed by atoms with Crippen LogP contribution in [0.25, 0.3) is 0 Å². The van der Waals surface area contributed by atoms with Gasteiger partial charge < -0.3 is 10.0 Å². The maximum atomic E-state index is 10.8. The number of aliphatic carboxylic acids is 1. The van der Waals surface area contributed by atoms with Crippen LogP contribution < -0.4 is 4.90 Å². The minimum absolute atomic E-state index is 0.226. The van der Waals surface area contributed by atoms with Gasteiger partial charge in [-0.3, -0.25) is 4.79 Å². The molecule has 5 heteroatoms. The molecule has 4 nitrogen and oxygen atoms in total. The van der Waals surface area contributed by atoms with E-state index in [1.807, 2.05) is 13.0 Å². The van der Waals surface area contributed by atoms with E-state index < -0.39 is 5.97 Å². The quantitative estimate of drug-likeness (QED) is 0.880. The van der Waals surface area contributed by atoms with Crippen molar-refractivity contribution in [3.05, 3.63) is 22.8 Å². The number of carbonyl (C=O) groups is 1. The smallest absolute Gasteiger partial charge is 0.306 e. The van der Waals surface area contributed by atoms with Crippen LogP contribution in [0.1, 0.15) is 18.4 Å². The van der Waals surface area contributed by atoms with Gasteiger partial charge in [-0.15, -0.1) is 0 Å². The molecule has 1 fully saturated rings. The first-order valence-corrected chi connectivity index (χ1v) is 6.05. The Morgan fingerprint density at radius 3 is 2.71 bits per heavy atom. The zero-order valence-electron chi connectivity index (χ0n) is 9.69. The van der Waals surface area contributed by atoms with Crippen molar-refractivity contribution in [1.82, 2.24) is 4.98 Å². The third-order valence-corrected chi connectivity index (χ3v) is 3.38. The molecule has 0 unspecified atom stereocenters. The summed E-state index contributed by atoms with van der Waals surface area (Å²) in [6.45, 7) is 3.35. The van der Waals surface area contributed by atoms with Crippen molar-refractivity contribution in [2.45, 2.75) is 19.8 Å². The summed E-state index contributed by atoms with van der Waals surface area (Å²) in [6, 6.07) is 1.88. The summed E-state index contributed by atoms with van der Waals surface area (Å²) in [5.41, 5.74) is 1.03. The van der Waals surface area contributed by atoms with Crippen molar-refractivity contribution in [3.63, 3.8) is 0 Å². The van der Waals surface area contributed by atoms with E-state index in [9.17, 15) is 4.79 Å². The summed E-state index contributed by atoms with van der Waals surface area (Å²) in [6.07, 6.45) is 3.09. The number of halogens is 1. The first kappa shape index (κ1) is 12.2. The fourth-order valence-corrected chi connectivity index (χ4v) is 2.44. The first-order valence-electron chi connectivity index (χ1n) is 5.68. The van der Waals surface area contributed by atoms with Crippen molar-refractivity contribution in [1.29, 1.82) is 0 Å². The third kappa shape index (κ3) is 2.69. The fourth-order valence-electron chi connectivity index (χ4n) is 2.10. The van der Waals surface area contributed by atoms with E-state index in [0.717, 1.165) is 11.4 Å². The lowest BCUT2D eigenvalue weighted by molar-refractivity contribution is -0.142. The second kappa shape index (κ2) is 4.92. The van der Waals surface area contributed by atoms with E-state index in [1.165, 1.54) is 0 Å². The molecule has 0 atom stereocenters. The number of pyridine rings is 1. The maximum absolute atomic E-state index is 10.8. The highest BCUT2D eigenvalue weighted by Crippen LogP contribution is 2.28. The molecule has 17 heavy (non-hydrogen) atoms. The number of hydrogen-bond acceptors (Lipinski definition) is 3. The van der Waals surface area contributed by atoms with Crippen LogP contribution in [0.3, 0.4) is 0 Å². The normalized spacial score (nSPS) is 17.2. The van der Waals surface area contributed by atoms with E-state index in [0.29, 0.717) is 31.0 Å². The minimum Gasteiger partial charge on any atom is -0.481 e. The van der Waals surface area contributed by atoms with Crippen molar-refractivity contribution in [3.8, 4) is 0 Å². The summed E-state index contributed by atoms with van der Waals surface area (Å²) < 4.78 is 0. The Morgan fingerprint density at radius 1 is 1.53 bits per heavy atom. The summed E-state index contributed by atoms with van der Waals surface area (Å²) in [5.74, 6) is -0.163. The average Bonchev–Trinajstić information content (AvgIpc) is 2.29. The molecule has 1 aliphatic rings. The number of aryl methyl sites for hydroxylation is 1. The van der Waals surface area contributed by atoms with Gasteiger partial charge in [0.15, 0.2) is 0 Å². The van der Waals surface area contributed by atoms with Crippen molar-refractivity contribution in [2.75, 3.05) is 18.0 Å². The number of nitrogens with zero attached hydrogens (tertiary/aromatic N) is 2. The van der Waals surface area contributed by atoms with Crippen molar-refractivity contribution >= 4 is 23.4 Å². The van der Waals surface area contributed by atoms with E-state index in [1.54, 1.807) is 6.20 Å². The van der Waals surface area contributed by atoms with Crippen LogP contribution >= 0.6 is 11.6 Å². The molecule has 1 aliphatic heterocycles. The molecule has 0 spiro atoms.